The van der Waals surface area contributed by atoms with Gasteiger partial charge in [0.25, 0.3) is 0 Å². The maximum Gasteiger partial charge on any atom is 0.337 e. The minimum Gasteiger partial charge on any atom is -0.493 e. The first-order valence-electron chi connectivity index (χ1n) is 8.16. The lowest BCUT2D eigenvalue weighted by molar-refractivity contribution is 0.0600. The van der Waals surface area contributed by atoms with E-state index in [9.17, 15) is 4.79 Å². The highest BCUT2D eigenvalue weighted by molar-refractivity contribution is 7.09. The van der Waals surface area contributed by atoms with Crippen LogP contribution < -0.4 is 9.47 Å². The van der Waals surface area contributed by atoms with Crippen LogP contribution in [0.3, 0.4) is 0 Å². The molecule has 0 bridgehead atoms. The predicted molar refractivity (Wildman–Crippen MR) is 105 cm³/mol. The Balaban J connectivity index is 1.64. The molecule has 2 aromatic carbocycles. The third kappa shape index (κ3) is 4.99. The van der Waals surface area contributed by atoms with Gasteiger partial charge >= 0.3 is 5.97 Å². The van der Waals surface area contributed by atoms with Gasteiger partial charge in [0.2, 0.25) is 0 Å². The number of carbonyl (C=O) groups excluding carboxylic acids is 1. The molecule has 0 saturated carbocycles. The van der Waals surface area contributed by atoms with Crippen molar-refractivity contribution in [2.45, 2.75) is 13.0 Å². The molecule has 0 amide bonds. The fourth-order valence-corrected chi connectivity index (χ4v) is 3.40. The van der Waals surface area contributed by atoms with Gasteiger partial charge in [-0.1, -0.05) is 23.7 Å². The Morgan fingerprint density at radius 2 is 1.89 bits per heavy atom. The van der Waals surface area contributed by atoms with Gasteiger partial charge in [0.05, 0.1) is 30.5 Å². The monoisotopic (exact) mass is 403 g/mol. The summed E-state index contributed by atoms with van der Waals surface area (Å²) in [7, 11) is 2.86. The third-order valence-corrected chi connectivity index (χ3v) is 4.98. The largest absolute Gasteiger partial charge is 0.493 e. The molecule has 0 aliphatic heterocycles. The highest BCUT2D eigenvalue weighted by atomic mass is 35.5. The number of halogens is 1. The molecule has 0 unspecified atom stereocenters. The van der Waals surface area contributed by atoms with E-state index in [0.717, 1.165) is 27.7 Å². The smallest absolute Gasteiger partial charge is 0.337 e. The molecule has 0 aliphatic rings. The summed E-state index contributed by atoms with van der Waals surface area (Å²) in [5.74, 6) is 0.582. The molecule has 0 fully saturated rings. The number of thiazole rings is 1. The van der Waals surface area contributed by atoms with Crippen molar-refractivity contribution in [3.63, 3.8) is 0 Å². The van der Waals surface area contributed by atoms with Crippen LogP contribution in [0.25, 0.3) is 0 Å². The van der Waals surface area contributed by atoms with Crippen molar-refractivity contribution < 1.29 is 19.0 Å². The van der Waals surface area contributed by atoms with E-state index in [1.165, 1.54) is 14.2 Å². The average molecular weight is 404 g/mol. The number of benzene rings is 2. The van der Waals surface area contributed by atoms with Crippen LogP contribution in [-0.4, -0.2) is 25.2 Å². The number of methoxy groups -OCH3 is 2. The van der Waals surface area contributed by atoms with Crippen molar-refractivity contribution >= 4 is 28.9 Å². The molecule has 3 aromatic rings. The average Bonchev–Trinajstić information content (AvgIpc) is 3.14. The molecule has 0 N–H and O–H groups in total. The van der Waals surface area contributed by atoms with E-state index in [-0.39, 0.29) is 0 Å². The first-order valence-corrected chi connectivity index (χ1v) is 9.41. The van der Waals surface area contributed by atoms with Gasteiger partial charge in [0.15, 0.2) is 11.5 Å². The minimum absolute atomic E-state index is 0.311. The van der Waals surface area contributed by atoms with E-state index >= 15 is 0 Å². The number of ether oxygens (including phenoxy) is 3. The molecule has 0 spiro atoms. The van der Waals surface area contributed by atoms with Gasteiger partial charge < -0.3 is 14.2 Å². The number of hydrogen-bond acceptors (Lipinski definition) is 6. The zero-order valence-electron chi connectivity index (χ0n) is 14.9. The van der Waals surface area contributed by atoms with Gasteiger partial charge in [-0.15, -0.1) is 11.3 Å². The van der Waals surface area contributed by atoms with E-state index in [2.05, 4.69) is 4.98 Å². The van der Waals surface area contributed by atoms with Gasteiger partial charge in [0.1, 0.15) is 6.61 Å². The van der Waals surface area contributed by atoms with Gasteiger partial charge in [0, 0.05) is 16.8 Å². The van der Waals surface area contributed by atoms with Crippen molar-refractivity contribution in [1.29, 1.82) is 0 Å². The molecular weight excluding hydrogens is 386 g/mol. The molecule has 140 valence electrons. The molecule has 3 rings (SSSR count). The van der Waals surface area contributed by atoms with Crippen molar-refractivity contribution in [2.75, 3.05) is 14.2 Å². The van der Waals surface area contributed by atoms with Crippen LogP contribution in [0, 0.1) is 0 Å². The summed E-state index contributed by atoms with van der Waals surface area (Å²) >= 11 is 7.50. The van der Waals surface area contributed by atoms with Crippen LogP contribution in [0.1, 0.15) is 26.6 Å². The fourth-order valence-electron chi connectivity index (χ4n) is 2.46. The third-order valence-electron chi connectivity index (χ3n) is 3.83. The van der Waals surface area contributed by atoms with E-state index < -0.39 is 5.97 Å². The van der Waals surface area contributed by atoms with E-state index in [4.69, 9.17) is 25.8 Å². The highest BCUT2D eigenvalue weighted by Crippen LogP contribution is 2.29. The normalized spacial score (nSPS) is 10.5. The molecule has 0 aliphatic carbocycles. The minimum atomic E-state index is -0.425. The van der Waals surface area contributed by atoms with Gasteiger partial charge in [-0.3, -0.25) is 0 Å². The number of esters is 1. The van der Waals surface area contributed by atoms with Gasteiger partial charge in [-0.2, -0.15) is 0 Å². The molecule has 5 nitrogen and oxygen atoms in total. The second-order valence-corrected chi connectivity index (χ2v) is 7.06. The Hall–Kier alpha value is -2.57. The quantitative estimate of drug-likeness (QED) is 0.532. The Bertz CT molecular complexity index is 924. The molecule has 0 saturated heterocycles. The molecule has 1 heterocycles. The number of carbonyl (C=O) groups is 1. The van der Waals surface area contributed by atoms with Crippen molar-refractivity contribution in [1.82, 2.24) is 4.98 Å². The summed E-state index contributed by atoms with van der Waals surface area (Å²) in [6.07, 6.45) is 0.749. The Morgan fingerprint density at radius 1 is 1.11 bits per heavy atom. The van der Waals surface area contributed by atoms with Crippen LogP contribution in [0.5, 0.6) is 11.5 Å². The molecule has 27 heavy (non-hydrogen) atoms. The fraction of sp³-hybridized carbons (Fsp3) is 0.200. The second kappa shape index (κ2) is 8.88. The van der Waals surface area contributed by atoms with E-state index in [0.29, 0.717) is 23.7 Å². The SMILES string of the molecule is COC(=O)c1ccc(OCc2csc(Cc3ccc(Cl)cc3)n2)c(OC)c1. The standard InChI is InChI=1S/C20H18ClNO4S/c1-24-18-10-14(20(23)25-2)5-8-17(18)26-11-16-12-27-19(22-16)9-13-3-6-15(21)7-4-13/h3-8,10,12H,9,11H2,1-2H3. The van der Waals surface area contributed by atoms with Crippen LogP contribution in [-0.2, 0) is 17.8 Å². The maximum absolute atomic E-state index is 11.6. The van der Waals surface area contributed by atoms with Crippen molar-refractivity contribution in [3.05, 3.63) is 74.7 Å². The summed E-state index contributed by atoms with van der Waals surface area (Å²) in [6, 6.07) is 12.6. The first kappa shape index (κ1) is 19.2. The summed E-state index contributed by atoms with van der Waals surface area (Å²) in [6.45, 7) is 0.311. The number of hydrogen-bond donors (Lipinski definition) is 0. The van der Waals surface area contributed by atoms with Crippen molar-refractivity contribution in [3.8, 4) is 11.5 Å². The lowest BCUT2D eigenvalue weighted by Crippen LogP contribution is -2.03. The van der Waals surface area contributed by atoms with E-state index in [1.807, 2.05) is 29.6 Å². The molecular formula is C20H18ClNO4S. The second-order valence-electron chi connectivity index (χ2n) is 5.68. The zero-order chi connectivity index (χ0) is 19.2. The Morgan fingerprint density at radius 3 is 2.59 bits per heavy atom. The number of rotatable bonds is 7. The van der Waals surface area contributed by atoms with Gasteiger partial charge in [-0.25, -0.2) is 9.78 Å². The molecule has 0 atom stereocenters. The number of aromatic nitrogens is 1. The topological polar surface area (TPSA) is 57.7 Å². The predicted octanol–water partition coefficient (Wildman–Crippen LogP) is 4.76. The zero-order valence-corrected chi connectivity index (χ0v) is 16.5. The lowest BCUT2D eigenvalue weighted by Gasteiger charge is -2.10. The van der Waals surface area contributed by atoms with Crippen LogP contribution in [0.4, 0.5) is 0 Å². The summed E-state index contributed by atoms with van der Waals surface area (Å²) in [4.78, 5) is 16.2. The van der Waals surface area contributed by atoms with Crippen molar-refractivity contribution in [2.24, 2.45) is 0 Å². The first-order chi connectivity index (χ1) is 13.1. The van der Waals surface area contributed by atoms with Crippen LogP contribution >= 0.6 is 22.9 Å². The molecule has 1 aromatic heterocycles. The summed E-state index contributed by atoms with van der Waals surface area (Å²) in [5, 5.41) is 3.70. The van der Waals surface area contributed by atoms with Crippen LogP contribution in [0.2, 0.25) is 5.02 Å². The Labute approximate surface area is 166 Å². The molecule has 7 heteroatoms. The van der Waals surface area contributed by atoms with E-state index in [1.54, 1.807) is 29.5 Å². The summed E-state index contributed by atoms with van der Waals surface area (Å²) in [5.41, 5.74) is 2.39. The lowest BCUT2D eigenvalue weighted by atomic mass is 10.2. The van der Waals surface area contributed by atoms with Crippen LogP contribution in [0.15, 0.2) is 47.8 Å². The van der Waals surface area contributed by atoms with Gasteiger partial charge in [-0.05, 0) is 35.9 Å². The molecule has 0 radical (unpaired) electrons. The maximum atomic E-state index is 11.6. The highest BCUT2D eigenvalue weighted by Gasteiger charge is 2.12. The summed E-state index contributed by atoms with van der Waals surface area (Å²) < 4.78 is 15.8. The Kier molecular flexibility index (Phi) is 6.32. The number of nitrogens with zero attached hydrogens (tertiary/aromatic N) is 1.